The molecule has 1 saturated heterocycles. The van der Waals surface area contributed by atoms with Crippen LogP contribution in [-0.2, 0) is 32.6 Å². The number of rotatable bonds is 9. The van der Waals surface area contributed by atoms with E-state index >= 15 is 0 Å². The molecule has 1 N–H and O–H groups in total. The maximum absolute atomic E-state index is 13.1. The lowest BCUT2D eigenvalue weighted by atomic mass is 10.1. The fraction of sp³-hybridized carbons (Fsp3) is 0.400. The van der Waals surface area contributed by atoms with E-state index < -0.39 is 10.0 Å². The second kappa shape index (κ2) is 10.7. The lowest BCUT2D eigenvalue weighted by Crippen LogP contribution is -2.41. The van der Waals surface area contributed by atoms with Crippen LogP contribution in [0.4, 0.5) is 0 Å². The molecule has 0 spiro atoms. The molecule has 0 radical (unpaired) electrons. The van der Waals surface area contributed by atoms with E-state index in [1.807, 2.05) is 6.07 Å². The van der Waals surface area contributed by atoms with Gasteiger partial charge in [0.15, 0.2) is 5.03 Å². The van der Waals surface area contributed by atoms with Gasteiger partial charge in [-0.3, -0.25) is 10.0 Å². The monoisotopic (exact) mass is 487 g/mol. The summed E-state index contributed by atoms with van der Waals surface area (Å²) >= 11 is 12.1. The molecular weight excluding hydrogens is 465 g/mol. The van der Waals surface area contributed by atoms with E-state index in [-0.39, 0.29) is 30.5 Å². The first-order valence-corrected chi connectivity index (χ1v) is 11.9. The van der Waals surface area contributed by atoms with Gasteiger partial charge >= 0.3 is 0 Å². The third kappa shape index (κ3) is 6.15. The number of sulfonamides is 1. The van der Waals surface area contributed by atoms with Gasteiger partial charge in [0, 0.05) is 29.3 Å². The summed E-state index contributed by atoms with van der Waals surface area (Å²) < 4.78 is 33.6. The zero-order valence-electron chi connectivity index (χ0n) is 16.7. The van der Waals surface area contributed by atoms with Crippen LogP contribution in [0.2, 0.25) is 10.0 Å². The molecule has 1 aliphatic rings. The quantitative estimate of drug-likeness (QED) is 0.331. The zero-order chi connectivity index (χ0) is 22.4. The number of amides is 1. The summed E-state index contributed by atoms with van der Waals surface area (Å²) in [7, 11) is -3.81. The van der Waals surface area contributed by atoms with Crippen LogP contribution >= 0.6 is 23.2 Å². The Morgan fingerprint density at radius 1 is 1.23 bits per heavy atom. The van der Waals surface area contributed by atoms with Crippen molar-refractivity contribution in [1.82, 2.24) is 14.4 Å². The van der Waals surface area contributed by atoms with Crippen LogP contribution in [0, 0.1) is 0 Å². The molecule has 2 aromatic rings. The van der Waals surface area contributed by atoms with Gasteiger partial charge in [-0.1, -0.05) is 35.3 Å². The normalized spacial score (nSPS) is 15.7. The number of aromatic nitrogens is 1. The van der Waals surface area contributed by atoms with Crippen LogP contribution in [0.1, 0.15) is 24.0 Å². The summed E-state index contributed by atoms with van der Waals surface area (Å²) in [5.74, 6) is 0. The van der Waals surface area contributed by atoms with Crippen molar-refractivity contribution in [2.24, 2.45) is 0 Å². The van der Waals surface area contributed by atoms with Crippen molar-refractivity contribution >= 4 is 39.6 Å². The minimum absolute atomic E-state index is 0.0269. The van der Waals surface area contributed by atoms with Crippen molar-refractivity contribution in [3.05, 3.63) is 57.7 Å². The van der Waals surface area contributed by atoms with Gasteiger partial charge < -0.3 is 4.74 Å². The third-order valence-electron chi connectivity index (χ3n) is 5.06. The van der Waals surface area contributed by atoms with Gasteiger partial charge in [-0.2, -0.15) is 4.31 Å². The summed E-state index contributed by atoms with van der Waals surface area (Å²) in [6, 6.07) is 8.47. The minimum atomic E-state index is -3.81. The average Bonchev–Trinajstić information content (AvgIpc) is 2.77. The van der Waals surface area contributed by atoms with Crippen LogP contribution in [0.15, 0.2) is 41.6 Å². The number of halogens is 2. The van der Waals surface area contributed by atoms with Gasteiger partial charge in [0.05, 0.1) is 19.3 Å². The lowest BCUT2D eigenvalue weighted by Gasteiger charge is -2.31. The van der Waals surface area contributed by atoms with Crippen LogP contribution in [0.25, 0.3) is 0 Å². The van der Waals surface area contributed by atoms with Gasteiger partial charge in [0.2, 0.25) is 6.41 Å². The van der Waals surface area contributed by atoms with Gasteiger partial charge in [-0.05, 0) is 48.6 Å². The van der Waals surface area contributed by atoms with Gasteiger partial charge in [-0.25, -0.2) is 18.5 Å². The lowest BCUT2D eigenvalue weighted by molar-refractivity contribution is -0.149. The number of hydroxylamine groups is 2. The first-order valence-electron chi connectivity index (χ1n) is 9.71. The molecule has 168 valence electrons. The van der Waals surface area contributed by atoms with Crippen molar-refractivity contribution in [1.29, 1.82) is 0 Å². The molecule has 0 bridgehead atoms. The van der Waals surface area contributed by atoms with E-state index in [9.17, 15) is 18.4 Å². The minimum Gasteiger partial charge on any atom is -0.373 e. The van der Waals surface area contributed by atoms with Crippen LogP contribution in [0.3, 0.4) is 0 Å². The number of ether oxygens (including phenoxy) is 1. The number of benzene rings is 1. The molecule has 11 heteroatoms. The Morgan fingerprint density at radius 2 is 1.97 bits per heavy atom. The maximum Gasteiger partial charge on any atom is 0.260 e. The standard InChI is InChI=1S/C20H23Cl2N3O5S/c21-17-4-3-16(19(22)12-17)13-30-18-6-10-25(11-7-18)31(28,29)20-15(2-1-8-23-20)5-9-24(27)14-26/h1-4,8,12,14,18,27H,5-7,9-11,13H2. The topological polar surface area (TPSA) is 100 Å². The van der Waals surface area contributed by atoms with E-state index in [1.54, 1.807) is 24.3 Å². The summed E-state index contributed by atoms with van der Waals surface area (Å²) in [4.78, 5) is 14.6. The summed E-state index contributed by atoms with van der Waals surface area (Å²) in [5, 5.41) is 10.8. The Hall–Kier alpha value is -1.75. The molecule has 2 heterocycles. The molecule has 0 unspecified atom stereocenters. The first-order chi connectivity index (χ1) is 14.8. The molecule has 3 rings (SSSR count). The Bertz CT molecular complexity index is 1010. The predicted octanol–water partition coefficient (Wildman–Crippen LogP) is 3.15. The smallest absolute Gasteiger partial charge is 0.260 e. The first kappa shape index (κ1) is 23.9. The van der Waals surface area contributed by atoms with E-state index in [0.717, 1.165) is 5.56 Å². The number of carbonyl (C=O) groups excluding carboxylic acids is 1. The van der Waals surface area contributed by atoms with Gasteiger partial charge in [-0.15, -0.1) is 0 Å². The predicted molar refractivity (Wildman–Crippen MR) is 116 cm³/mol. The third-order valence-corrected chi connectivity index (χ3v) is 7.54. The molecule has 1 aliphatic heterocycles. The Morgan fingerprint density at radius 3 is 2.65 bits per heavy atom. The second-order valence-electron chi connectivity index (χ2n) is 7.14. The van der Waals surface area contributed by atoms with Crippen molar-refractivity contribution in [2.75, 3.05) is 19.6 Å². The van der Waals surface area contributed by atoms with Gasteiger partial charge in [0.25, 0.3) is 10.0 Å². The van der Waals surface area contributed by atoms with Crippen molar-refractivity contribution in [2.45, 2.75) is 37.0 Å². The molecule has 1 aromatic heterocycles. The van der Waals surface area contributed by atoms with Crippen molar-refractivity contribution < 1.29 is 23.2 Å². The number of pyridine rings is 1. The maximum atomic E-state index is 13.1. The number of hydrogen-bond acceptors (Lipinski definition) is 6. The van der Waals surface area contributed by atoms with Crippen molar-refractivity contribution in [3.63, 3.8) is 0 Å². The highest BCUT2D eigenvalue weighted by molar-refractivity contribution is 7.89. The highest BCUT2D eigenvalue weighted by atomic mass is 35.5. The molecule has 31 heavy (non-hydrogen) atoms. The summed E-state index contributed by atoms with van der Waals surface area (Å²) in [6.07, 6.45) is 2.85. The number of carbonyl (C=O) groups is 1. The average molecular weight is 488 g/mol. The molecule has 0 atom stereocenters. The Labute approximate surface area is 191 Å². The highest BCUT2D eigenvalue weighted by Gasteiger charge is 2.32. The summed E-state index contributed by atoms with van der Waals surface area (Å²) in [6.45, 7) is 0.905. The van der Waals surface area contributed by atoms with E-state index in [4.69, 9.17) is 27.9 Å². The Kier molecular flexibility index (Phi) is 8.26. The fourth-order valence-electron chi connectivity index (χ4n) is 3.34. The van der Waals surface area contributed by atoms with Crippen LogP contribution in [0.5, 0.6) is 0 Å². The molecular formula is C20H23Cl2N3O5S. The number of hydrogen-bond donors (Lipinski definition) is 1. The molecule has 1 aromatic carbocycles. The summed E-state index contributed by atoms with van der Waals surface area (Å²) in [5.41, 5.74) is 1.27. The highest BCUT2D eigenvalue weighted by Crippen LogP contribution is 2.26. The van der Waals surface area contributed by atoms with E-state index in [0.29, 0.717) is 53.2 Å². The molecule has 1 amide bonds. The number of piperidine rings is 1. The van der Waals surface area contributed by atoms with Crippen LogP contribution in [-0.4, -0.2) is 60.1 Å². The van der Waals surface area contributed by atoms with E-state index in [2.05, 4.69) is 4.98 Å². The molecule has 8 nitrogen and oxygen atoms in total. The van der Waals surface area contributed by atoms with E-state index in [1.165, 1.54) is 10.5 Å². The SMILES string of the molecule is O=CN(O)CCc1cccnc1S(=O)(=O)N1CCC(OCc2ccc(Cl)cc2Cl)CC1. The fourth-order valence-corrected chi connectivity index (χ4v) is 5.44. The molecule has 0 aliphatic carbocycles. The second-order valence-corrected chi connectivity index (χ2v) is 9.83. The molecule has 1 fully saturated rings. The largest absolute Gasteiger partial charge is 0.373 e. The molecule has 0 saturated carbocycles. The zero-order valence-corrected chi connectivity index (χ0v) is 19.0. The van der Waals surface area contributed by atoms with Gasteiger partial charge in [0.1, 0.15) is 0 Å². The van der Waals surface area contributed by atoms with Crippen LogP contribution < -0.4 is 0 Å². The van der Waals surface area contributed by atoms with Crippen molar-refractivity contribution in [3.8, 4) is 0 Å². The number of nitrogens with zero attached hydrogens (tertiary/aromatic N) is 3. The Balaban J connectivity index is 1.60.